The van der Waals surface area contributed by atoms with Gasteiger partial charge in [-0.25, -0.2) is 0 Å². The minimum atomic E-state index is -0.526. The van der Waals surface area contributed by atoms with Gasteiger partial charge in [-0.15, -0.1) is 0 Å². The maximum absolute atomic E-state index is 11.0. The lowest BCUT2D eigenvalue weighted by atomic mass is 10.1. The molecule has 1 saturated carbocycles. The van der Waals surface area contributed by atoms with Gasteiger partial charge in [0.05, 0.1) is 4.92 Å². The molecule has 1 heterocycles. The number of aromatic hydroxyl groups is 1. The third-order valence-electron chi connectivity index (χ3n) is 4.20. The molecule has 124 valence electrons. The lowest BCUT2D eigenvalue weighted by molar-refractivity contribution is -0.384. The number of phenols is 1. The molecule has 0 amide bonds. The van der Waals surface area contributed by atoms with Crippen molar-refractivity contribution in [2.45, 2.75) is 32.1 Å². The van der Waals surface area contributed by atoms with Crippen molar-refractivity contribution in [2.75, 3.05) is 0 Å². The summed E-state index contributed by atoms with van der Waals surface area (Å²) < 4.78 is 5.43. The van der Waals surface area contributed by atoms with Crippen molar-refractivity contribution in [2.24, 2.45) is 0 Å². The molecule has 0 radical (unpaired) electrons. The van der Waals surface area contributed by atoms with Crippen LogP contribution in [0, 0.1) is 10.1 Å². The molecule has 1 aliphatic rings. The third-order valence-corrected chi connectivity index (χ3v) is 4.20. The van der Waals surface area contributed by atoms with Crippen LogP contribution in [0.1, 0.15) is 42.5 Å². The van der Waals surface area contributed by atoms with E-state index in [0.29, 0.717) is 28.2 Å². The Labute approximate surface area is 137 Å². The first kappa shape index (κ1) is 16.0. The molecule has 3 aromatic rings. The van der Waals surface area contributed by atoms with Crippen LogP contribution < -0.4 is 0 Å². The zero-order valence-electron chi connectivity index (χ0n) is 13.0. The standard InChI is InChI=1S/C13H7NO5.C5H10/c15-6-7-1-3-10(16)13-12(7)9-5-8(14(17)18)2-4-11(9)19-13;1-2-4-5-3-1/h1-6,16H;1-5H2. The summed E-state index contributed by atoms with van der Waals surface area (Å²) >= 11 is 0. The van der Waals surface area contributed by atoms with Crippen LogP contribution in [-0.4, -0.2) is 16.3 Å². The molecule has 4 rings (SSSR count). The lowest BCUT2D eigenvalue weighted by Crippen LogP contribution is -1.87. The third kappa shape index (κ3) is 2.95. The molecular weight excluding hydrogens is 310 g/mol. The largest absolute Gasteiger partial charge is 0.504 e. The number of furan rings is 1. The van der Waals surface area contributed by atoms with Gasteiger partial charge in [-0.3, -0.25) is 14.9 Å². The fraction of sp³-hybridized carbons (Fsp3) is 0.278. The van der Waals surface area contributed by atoms with Gasteiger partial charge in [0.15, 0.2) is 17.6 Å². The minimum Gasteiger partial charge on any atom is -0.504 e. The van der Waals surface area contributed by atoms with Gasteiger partial charge in [-0.2, -0.15) is 0 Å². The van der Waals surface area contributed by atoms with Crippen LogP contribution in [-0.2, 0) is 0 Å². The molecule has 6 heteroatoms. The fourth-order valence-electron chi connectivity index (χ4n) is 2.98. The van der Waals surface area contributed by atoms with Crippen LogP contribution in [0.5, 0.6) is 5.75 Å². The molecule has 1 fully saturated rings. The van der Waals surface area contributed by atoms with E-state index in [4.69, 9.17) is 4.42 Å². The molecular formula is C18H17NO5. The highest BCUT2D eigenvalue weighted by atomic mass is 16.6. The van der Waals surface area contributed by atoms with E-state index >= 15 is 0 Å². The number of aldehydes is 1. The molecule has 0 saturated heterocycles. The van der Waals surface area contributed by atoms with Crippen LogP contribution >= 0.6 is 0 Å². The maximum atomic E-state index is 11.0. The number of carbonyl (C=O) groups excluding carboxylic acids is 1. The Balaban J connectivity index is 0.000000290. The first-order valence-corrected chi connectivity index (χ1v) is 7.89. The molecule has 24 heavy (non-hydrogen) atoms. The van der Waals surface area contributed by atoms with E-state index in [1.54, 1.807) is 0 Å². The Morgan fingerprint density at radius 3 is 2.33 bits per heavy atom. The minimum absolute atomic E-state index is 0.101. The number of non-ortho nitro benzene ring substituents is 1. The zero-order valence-corrected chi connectivity index (χ0v) is 13.0. The van der Waals surface area contributed by atoms with Crippen molar-refractivity contribution >= 4 is 33.9 Å². The number of carbonyl (C=O) groups is 1. The summed E-state index contributed by atoms with van der Waals surface area (Å²) in [7, 11) is 0. The van der Waals surface area contributed by atoms with Crippen molar-refractivity contribution in [3.8, 4) is 5.75 Å². The molecule has 0 spiro atoms. The topological polar surface area (TPSA) is 93.6 Å². The van der Waals surface area contributed by atoms with Crippen molar-refractivity contribution in [1.82, 2.24) is 0 Å². The Hall–Kier alpha value is -2.89. The van der Waals surface area contributed by atoms with Gasteiger partial charge in [0.1, 0.15) is 5.58 Å². The van der Waals surface area contributed by atoms with Crippen molar-refractivity contribution in [1.29, 1.82) is 0 Å². The molecule has 0 bridgehead atoms. The van der Waals surface area contributed by atoms with E-state index in [0.717, 1.165) is 0 Å². The first-order chi connectivity index (χ1) is 11.6. The number of nitrogens with zero attached hydrogens (tertiary/aromatic N) is 1. The van der Waals surface area contributed by atoms with E-state index in [1.807, 2.05) is 0 Å². The number of benzene rings is 2. The predicted octanol–water partition coefficient (Wildman–Crippen LogP) is 4.96. The van der Waals surface area contributed by atoms with Gasteiger partial charge in [-0.05, 0) is 18.2 Å². The van der Waals surface area contributed by atoms with Crippen molar-refractivity contribution in [3.63, 3.8) is 0 Å². The number of hydrogen-bond donors (Lipinski definition) is 1. The van der Waals surface area contributed by atoms with Crippen LogP contribution in [0.2, 0.25) is 0 Å². The second kappa shape index (κ2) is 6.70. The molecule has 1 N–H and O–H groups in total. The molecule has 0 aliphatic heterocycles. The van der Waals surface area contributed by atoms with E-state index in [9.17, 15) is 20.0 Å². The number of rotatable bonds is 2. The van der Waals surface area contributed by atoms with Crippen molar-refractivity contribution < 1.29 is 19.2 Å². The van der Waals surface area contributed by atoms with Crippen LogP contribution in [0.25, 0.3) is 21.9 Å². The quantitative estimate of drug-likeness (QED) is 0.408. The highest BCUT2D eigenvalue weighted by Crippen LogP contribution is 2.37. The summed E-state index contributed by atoms with van der Waals surface area (Å²) in [6.45, 7) is 0. The molecule has 6 nitrogen and oxygen atoms in total. The SMILES string of the molecule is C1CCCC1.O=Cc1ccc(O)c2oc3ccc([N+](=O)[O-])cc3c12. The van der Waals surface area contributed by atoms with E-state index < -0.39 is 4.92 Å². The summed E-state index contributed by atoms with van der Waals surface area (Å²) in [5.41, 5.74) is 0.743. The maximum Gasteiger partial charge on any atom is 0.270 e. The zero-order chi connectivity index (χ0) is 17.1. The summed E-state index contributed by atoms with van der Waals surface area (Å²) in [5.74, 6) is -0.112. The van der Waals surface area contributed by atoms with Crippen molar-refractivity contribution in [3.05, 3.63) is 46.0 Å². The Morgan fingerprint density at radius 1 is 1.08 bits per heavy atom. The van der Waals surface area contributed by atoms with Crippen LogP contribution in [0.3, 0.4) is 0 Å². The van der Waals surface area contributed by atoms with Gasteiger partial charge < -0.3 is 9.52 Å². The lowest BCUT2D eigenvalue weighted by Gasteiger charge is -1.96. The first-order valence-electron chi connectivity index (χ1n) is 7.89. The smallest absolute Gasteiger partial charge is 0.270 e. The monoisotopic (exact) mass is 327 g/mol. The second-order valence-electron chi connectivity index (χ2n) is 5.80. The summed E-state index contributed by atoms with van der Waals surface area (Å²) in [6, 6.07) is 6.87. The van der Waals surface area contributed by atoms with Gasteiger partial charge in [0.2, 0.25) is 0 Å². The van der Waals surface area contributed by atoms with E-state index in [-0.39, 0.29) is 17.0 Å². The average Bonchev–Trinajstić information content (AvgIpc) is 3.26. The summed E-state index contributed by atoms with van der Waals surface area (Å²) in [4.78, 5) is 21.3. The molecule has 0 unspecified atom stereocenters. The Morgan fingerprint density at radius 2 is 1.75 bits per heavy atom. The summed E-state index contributed by atoms with van der Waals surface area (Å²) in [6.07, 6.45) is 8.12. The molecule has 2 aromatic carbocycles. The van der Waals surface area contributed by atoms with Crippen LogP contribution in [0.4, 0.5) is 5.69 Å². The van der Waals surface area contributed by atoms with Gasteiger partial charge >= 0.3 is 0 Å². The fourth-order valence-corrected chi connectivity index (χ4v) is 2.98. The van der Waals surface area contributed by atoms with Gasteiger partial charge in [0.25, 0.3) is 5.69 Å². The predicted molar refractivity (Wildman–Crippen MR) is 90.5 cm³/mol. The Kier molecular flexibility index (Phi) is 4.46. The second-order valence-corrected chi connectivity index (χ2v) is 5.80. The molecule has 1 aromatic heterocycles. The molecule has 1 aliphatic carbocycles. The summed E-state index contributed by atoms with van der Waals surface area (Å²) in [5, 5.41) is 21.3. The van der Waals surface area contributed by atoms with Crippen LogP contribution in [0.15, 0.2) is 34.7 Å². The normalized spacial score (nSPS) is 13.7. The molecule has 0 atom stereocenters. The Bertz CT molecular complexity index is 901. The highest BCUT2D eigenvalue weighted by Gasteiger charge is 2.17. The number of hydrogen-bond acceptors (Lipinski definition) is 5. The number of fused-ring (bicyclic) bond motifs is 3. The number of phenolic OH excluding ortho intramolecular Hbond substituents is 1. The van der Waals surface area contributed by atoms with E-state index in [2.05, 4.69) is 0 Å². The highest BCUT2D eigenvalue weighted by molar-refractivity contribution is 6.14. The van der Waals surface area contributed by atoms with Gasteiger partial charge in [-0.1, -0.05) is 32.1 Å². The average molecular weight is 327 g/mol. The van der Waals surface area contributed by atoms with E-state index in [1.165, 1.54) is 62.4 Å². The van der Waals surface area contributed by atoms with Gasteiger partial charge in [0, 0.05) is 28.5 Å². The number of nitro groups is 1. The number of nitro benzene ring substituents is 1.